The number of aryl methyl sites for hydroxylation is 1. The molecule has 3 amide bonds. The number of hydrogen-bond acceptors (Lipinski definition) is 9. The molecule has 1 saturated heterocycles. The van der Waals surface area contributed by atoms with E-state index in [9.17, 15) is 19.2 Å². The molecule has 1 aliphatic heterocycles. The summed E-state index contributed by atoms with van der Waals surface area (Å²) in [6.45, 7) is 7.20. The Morgan fingerprint density at radius 1 is 1.03 bits per heavy atom. The molecular formula is C22H34N4O8. The van der Waals surface area contributed by atoms with E-state index in [4.69, 9.17) is 18.7 Å². The fourth-order valence-electron chi connectivity index (χ4n) is 3.27. The Hall–Kier alpha value is -2.83. The molecule has 0 unspecified atom stereocenters. The molecule has 0 saturated carbocycles. The molecule has 34 heavy (non-hydrogen) atoms. The van der Waals surface area contributed by atoms with Gasteiger partial charge in [-0.2, -0.15) is 0 Å². The third kappa shape index (κ3) is 7.61. The third-order valence-corrected chi connectivity index (χ3v) is 5.21. The molecule has 0 aliphatic carbocycles. The van der Waals surface area contributed by atoms with E-state index in [1.165, 1.54) is 20.3 Å². The van der Waals surface area contributed by atoms with Crippen molar-refractivity contribution in [3.8, 4) is 0 Å². The van der Waals surface area contributed by atoms with Crippen LogP contribution < -0.4 is 16.0 Å². The van der Waals surface area contributed by atoms with Gasteiger partial charge in [0.2, 0.25) is 17.6 Å². The van der Waals surface area contributed by atoms with E-state index in [1.54, 1.807) is 13.8 Å². The van der Waals surface area contributed by atoms with E-state index in [1.807, 2.05) is 13.8 Å². The lowest BCUT2D eigenvalue weighted by molar-refractivity contribution is -0.134. The molecule has 1 fully saturated rings. The van der Waals surface area contributed by atoms with Crippen molar-refractivity contribution in [3.63, 3.8) is 0 Å². The second kappa shape index (κ2) is 12.0. The SMILES string of the molecule is COC[C@H](NC(=O)c1cc(C)no1)C(=O)N[C@@H](COC)C(=O)N[C@@H](CC(C)C)C(=O)[C@@]1(C)CO1. The second-order valence-corrected chi connectivity index (χ2v) is 8.90. The molecule has 1 aliphatic rings. The first kappa shape index (κ1) is 27.4. The number of ketones is 1. The van der Waals surface area contributed by atoms with Gasteiger partial charge in [-0.15, -0.1) is 0 Å². The summed E-state index contributed by atoms with van der Waals surface area (Å²) < 4.78 is 20.3. The number of ether oxygens (including phenoxy) is 3. The molecule has 2 heterocycles. The topological polar surface area (TPSA) is 161 Å². The van der Waals surface area contributed by atoms with Crippen molar-refractivity contribution in [3.05, 3.63) is 17.5 Å². The number of amides is 3. The first-order valence-electron chi connectivity index (χ1n) is 11.0. The fraction of sp³-hybridized carbons (Fsp3) is 0.682. The van der Waals surface area contributed by atoms with Crippen LogP contribution in [0.5, 0.6) is 0 Å². The number of carbonyl (C=O) groups excluding carboxylic acids is 4. The van der Waals surface area contributed by atoms with Gasteiger partial charge < -0.3 is 34.7 Å². The maximum Gasteiger partial charge on any atom is 0.290 e. The van der Waals surface area contributed by atoms with E-state index in [-0.39, 0.29) is 30.7 Å². The molecular weight excluding hydrogens is 448 g/mol. The van der Waals surface area contributed by atoms with Gasteiger partial charge in [-0.1, -0.05) is 19.0 Å². The van der Waals surface area contributed by atoms with Crippen molar-refractivity contribution in [2.45, 2.75) is 57.8 Å². The van der Waals surface area contributed by atoms with Gasteiger partial charge >= 0.3 is 0 Å². The van der Waals surface area contributed by atoms with E-state index < -0.39 is 41.4 Å². The van der Waals surface area contributed by atoms with Crippen molar-refractivity contribution >= 4 is 23.5 Å². The number of rotatable bonds is 14. The first-order valence-corrected chi connectivity index (χ1v) is 11.0. The number of nitrogens with one attached hydrogen (secondary N) is 3. The minimum atomic E-state index is -1.12. The van der Waals surface area contributed by atoms with Crippen molar-refractivity contribution in [1.82, 2.24) is 21.1 Å². The van der Waals surface area contributed by atoms with Crippen LogP contribution in [-0.4, -0.2) is 86.4 Å². The van der Waals surface area contributed by atoms with E-state index in [2.05, 4.69) is 21.1 Å². The molecule has 0 radical (unpaired) electrons. The van der Waals surface area contributed by atoms with Crippen molar-refractivity contribution < 1.29 is 37.9 Å². The number of methoxy groups -OCH3 is 2. The Kier molecular flexibility index (Phi) is 9.71. The minimum absolute atomic E-state index is 0.0663. The number of nitrogens with zero attached hydrogens (tertiary/aromatic N) is 1. The lowest BCUT2D eigenvalue weighted by Gasteiger charge is -2.26. The van der Waals surface area contributed by atoms with Crippen LogP contribution in [0.1, 0.15) is 43.4 Å². The Bertz CT molecular complexity index is 880. The highest BCUT2D eigenvalue weighted by atomic mass is 16.6. The summed E-state index contributed by atoms with van der Waals surface area (Å²) >= 11 is 0. The molecule has 12 nitrogen and oxygen atoms in total. The zero-order valence-corrected chi connectivity index (χ0v) is 20.4. The Morgan fingerprint density at radius 3 is 2.00 bits per heavy atom. The largest absolute Gasteiger partial charge is 0.382 e. The predicted octanol–water partition coefficient (Wildman–Crippen LogP) is -0.252. The third-order valence-electron chi connectivity index (χ3n) is 5.21. The van der Waals surface area contributed by atoms with Crippen LogP contribution in [0.15, 0.2) is 10.6 Å². The maximum absolute atomic E-state index is 13.0. The number of carbonyl (C=O) groups is 4. The summed E-state index contributed by atoms with van der Waals surface area (Å²) in [5.74, 6) is -2.08. The van der Waals surface area contributed by atoms with Gasteiger partial charge in [-0.05, 0) is 26.2 Å². The summed E-state index contributed by atoms with van der Waals surface area (Å²) in [7, 11) is 2.75. The fourth-order valence-corrected chi connectivity index (χ4v) is 3.27. The summed E-state index contributed by atoms with van der Waals surface area (Å²) in [5.41, 5.74) is -0.398. The second-order valence-electron chi connectivity index (χ2n) is 8.90. The molecule has 1 aromatic rings. The molecule has 12 heteroatoms. The van der Waals surface area contributed by atoms with Crippen LogP contribution in [0.4, 0.5) is 0 Å². The predicted molar refractivity (Wildman–Crippen MR) is 119 cm³/mol. The van der Waals surface area contributed by atoms with Gasteiger partial charge in [0.15, 0.2) is 5.78 Å². The number of epoxide rings is 1. The van der Waals surface area contributed by atoms with Crippen LogP contribution in [0.25, 0.3) is 0 Å². The molecule has 1 aromatic heterocycles. The van der Waals surface area contributed by atoms with Crippen LogP contribution in [-0.2, 0) is 28.6 Å². The van der Waals surface area contributed by atoms with E-state index >= 15 is 0 Å². The van der Waals surface area contributed by atoms with E-state index in [0.717, 1.165) is 0 Å². The Balaban J connectivity index is 2.08. The van der Waals surface area contributed by atoms with Crippen LogP contribution in [0, 0.1) is 12.8 Å². The highest BCUT2D eigenvalue weighted by Crippen LogP contribution is 2.29. The summed E-state index contributed by atoms with van der Waals surface area (Å²) in [5, 5.41) is 11.4. The quantitative estimate of drug-likeness (QED) is 0.304. The van der Waals surface area contributed by atoms with Gasteiger partial charge in [-0.25, -0.2) is 0 Å². The first-order chi connectivity index (χ1) is 16.0. The van der Waals surface area contributed by atoms with Gasteiger partial charge in [0.05, 0.1) is 31.6 Å². The number of aromatic nitrogens is 1. The minimum Gasteiger partial charge on any atom is -0.382 e. The molecule has 0 aromatic carbocycles. The zero-order valence-electron chi connectivity index (χ0n) is 20.4. The summed E-state index contributed by atoms with van der Waals surface area (Å²) in [6, 6.07) is -1.59. The molecule has 190 valence electrons. The maximum atomic E-state index is 13.0. The lowest BCUT2D eigenvalue weighted by atomic mass is 9.93. The van der Waals surface area contributed by atoms with Crippen molar-refractivity contribution in [1.29, 1.82) is 0 Å². The molecule has 0 spiro atoms. The number of Topliss-reactive ketones (excluding diaryl/α,β-unsaturated/α-hetero) is 1. The highest BCUT2D eigenvalue weighted by Gasteiger charge is 2.50. The average Bonchev–Trinajstić information content (AvgIpc) is 3.37. The van der Waals surface area contributed by atoms with Crippen LogP contribution in [0.3, 0.4) is 0 Å². The molecule has 3 N–H and O–H groups in total. The highest BCUT2D eigenvalue weighted by molar-refractivity contribution is 5.99. The normalized spacial score (nSPS) is 19.7. The smallest absolute Gasteiger partial charge is 0.290 e. The van der Waals surface area contributed by atoms with Crippen LogP contribution in [0.2, 0.25) is 0 Å². The summed E-state index contributed by atoms with van der Waals surface area (Å²) in [6.07, 6.45) is 0.413. The Morgan fingerprint density at radius 2 is 1.56 bits per heavy atom. The standard InChI is InChI=1S/C22H34N4O8/c1-12(2)7-14(18(27)22(4)11-33-22)23-19(28)15(9-31-5)24-20(29)16(10-32-6)25-21(30)17-8-13(3)26-34-17/h8,12,14-16H,7,9-11H2,1-6H3,(H,23,28)(H,24,29)(H,25,30)/t14-,15-,16-,22+/m0/s1. The van der Waals surface area contributed by atoms with Gasteiger partial charge in [-0.3, -0.25) is 19.2 Å². The summed E-state index contributed by atoms with van der Waals surface area (Å²) in [4.78, 5) is 51.1. The average molecular weight is 483 g/mol. The molecule has 0 bridgehead atoms. The molecule has 4 atom stereocenters. The van der Waals surface area contributed by atoms with E-state index in [0.29, 0.717) is 18.7 Å². The van der Waals surface area contributed by atoms with Crippen molar-refractivity contribution in [2.24, 2.45) is 5.92 Å². The van der Waals surface area contributed by atoms with Crippen molar-refractivity contribution in [2.75, 3.05) is 34.0 Å². The molecule has 2 rings (SSSR count). The van der Waals surface area contributed by atoms with Gasteiger partial charge in [0.1, 0.15) is 17.7 Å². The van der Waals surface area contributed by atoms with Crippen LogP contribution >= 0.6 is 0 Å². The lowest BCUT2D eigenvalue weighted by Crippen LogP contribution is -2.58. The monoisotopic (exact) mass is 482 g/mol. The Labute approximate surface area is 198 Å². The van der Waals surface area contributed by atoms with Gasteiger partial charge in [0, 0.05) is 20.3 Å². The number of hydrogen-bond donors (Lipinski definition) is 3. The zero-order chi connectivity index (χ0) is 25.5. The van der Waals surface area contributed by atoms with Gasteiger partial charge in [0.25, 0.3) is 5.91 Å².